The number of benzene rings is 1. The van der Waals surface area contributed by atoms with E-state index in [0.29, 0.717) is 38.1 Å². The molecular formula is C31H50N5O6+. The van der Waals surface area contributed by atoms with Gasteiger partial charge >= 0.3 is 0 Å². The Morgan fingerprint density at radius 1 is 1.05 bits per heavy atom. The number of hydrogen-bond donors (Lipinski definition) is 4. The van der Waals surface area contributed by atoms with Crippen LogP contribution >= 0.6 is 0 Å². The van der Waals surface area contributed by atoms with Crippen LogP contribution in [0.2, 0.25) is 0 Å². The minimum atomic E-state index is -0.730. The molecule has 1 aromatic carbocycles. The number of nitrogens with one attached hydrogen (secondary N) is 3. The lowest BCUT2D eigenvalue weighted by atomic mass is 9.92. The Balaban J connectivity index is 1.71. The maximum Gasteiger partial charge on any atom is 0.246 e. The molecule has 0 bridgehead atoms. The summed E-state index contributed by atoms with van der Waals surface area (Å²) in [5, 5.41) is 17.9. The molecule has 0 aliphatic carbocycles. The second-order valence-corrected chi connectivity index (χ2v) is 12.5. The Morgan fingerprint density at radius 3 is 2.48 bits per heavy atom. The summed E-state index contributed by atoms with van der Waals surface area (Å²) >= 11 is 0. The van der Waals surface area contributed by atoms with E-state index < -0.39 is 24.0 Å². The Bertz CT molecular complexity index is 1070. The second-order valence-electron chi connectivity index (χ2n) is 12.5. The number of rotatable bonds is 17. The predicted octanol–water partition coefficient (Wildman–Crippen LogP) is 1.50. The van der Waals surface area contributed by atoms with Gasteiger partial charge < -0.3 is 35.2 Å². The van der Waals surface area contributed by atoms with Gasteiger partial charge in [-0.25, -0.2) is 0 Å². The zero-order valence-electron chi connectivity index (χ0n) is 25.7. The molecule has 4 amide bonds. The minimum Gasteiger partial charge on any atom is -0.491 e. The van der Waals surface area contributed by atoms with Crippen molar-refractivity contribution in [2.24, 2.45) is 5.92 Å². The van der Waals surface area contributed by atoms with Crippen LogP contribution in [-0.2, 0) is 19.2 Å². The lowest BCUT2D eigenvalue weighted by Gasteiger charge is -2.38. The number of unbranched alkanes of at least 4 members (excludes halogenated alkanes) is 4. The molecule has 4 atom stereocenters. The number of aliphatic hydroxyl groups excluding tert-OH is 1. The van der Waals surface area contributed by atoms with Gasteiger partial charge in [-0.15, -0.1) is 0 Å². The Hall–Kier alpha value is -3.18. The van der Waals surface area contributed by atoms with Gasteiger partial charge in [0.25, 0.3) is 0 Å². The summed E-state index contributed by atoms with van der Waals surface area (Å²) in [4.78, 5) is 53.4. The fourth-order valence-electron chi connectivity index (χ4n) is 5.84. The fraction of sp³-hybridized carbons (Fsp3) is 0.677. The molecule has 2 aliphatic rings. The minimum absolute atomic E-state index is 0.103. The summed E-state index contributed by atoms with van der Waals surface area (Å²) in [6.07, 6.45) is 6.18. The fourth-order valence-corrected chi connectivity index (χ4v) is 5.84. The van der Waals surface area contributed by atoms with Gasteiger partial charge in [0.15, 0.2) is 0 Å². The van der Waals surface area contributed by atoms with Gasteiger partial charge in [0.05, 0.1) is 46.3 Å². The van der Waals surface area contributed by atoms with E-state index in [1.54, 1.807) is 23.1 Å². The van der Waals surface area contributed by atoms with Gasteiger partial charge in [-0.3, -0.25) is 19.2 Å². The summed E-state index contributed by atoms with van der Waals surface area (Å²) in [6.45, 7) is 3.63. The van der Waals surface area contributed by atoms with Crippen LogP contribution in [0.25, 0.3) is 0 Å². The van der Waals surface area contributed by atoms with Gasteiger partial charge in [-0.2, -0.15) is 0 Å². The molecule has 2 saturated heterocycles. The zero-order chi connectivity index (χ0) is 30.7. The first kappa shape index (κ1) is 33.3. The number of carbonyl (C=O) groups excluding carboxylic acids is 4. The van der Waals surface area contributed by atoms with E-state index in [-0.39, 0.29) is 43.3 Å². The van der Waals surface area contributed by atoms with Crippen molar-refractivity contribution in [1.82, 2.24) is 20.9 Å². The number of quaternary nitrogens is 1. The van der Waals surface area contributed by atoms with Crippen molar-refractivity contribution in [3.8, 4) is 5.75 Å². The summed E-state index contributed by atoms with van der Waals surface area (Å²) < 4.78 is 6.56. The Labute approximate surface area is 249 Å². The largest absolute Gasteiger partial charge is 0.491 e. The summed E-state index contributed by atoms with van der Waals surface area (Å²) in [6, 6.07) is 5.19. The summed E-state index contributed by atoms with van der Waals surface area (Å²) in [5.74, 6) is -0.759. The number of ether oxygens (including phenoxy) is 1. The predicted molar refractivity (Wildman–Crippen MR) is 159 cm³/mol. The molecule has 2 fully saturated rings. The van der Waals surface area contributed by atoms with Gasteiger partial charge in [-0.1, -0.05) is 18.6 Å². The molecular weight excluding hydrogens is 538 g/mol. The molecule has 0 unspecified atom stereocenters. The Kier molecular flexibility index (Phi) is 12.6. The van der Waals surface area contributed by atoms with Crippen LogP contribution in [-0.4, -0.2) is 104 Å². The van der Waals surface area contributed by atoms with Gasteiger partial charge in [0, 0.05) is 20.0 Å². The van der Waals surface area contributed by atoms with Crippen molar-refractivity contribution in [2.75, 3.05) is 54.0 Å². The van der Waals surface area contributed by atoms with Crippen molar-refractivity contribution in [3.05, 3.63) is 29.8 Å². The van der Waals surface area contributed by atoms with Crippen molar-refractivity contribution in [2.45, 2.75) is 76.4 Å². The number of amides is 4. The number of fused-ring (bicyclic) bond motifs is 1. The molecule has 42 heavy (non-hydrogen) atoms. The highest BCUT2D eigenvalue weighted by Gasteiger charge is 2.54. The molecule has 0 saturated carbocycles. The molecule has 0 spiro atoms. The maximum absolute atomic E-state index is 13.8. The standard InChI is InChI=1S/C31H49N5O6/c1-22(38)32-15-9-7-14-26-31(41)35-27(30(40)34-26)21-25(28(35)23-12-11-13-24(20-23)42-19-18-37)29(39)33-16-8-5-6-10-17-36(2,3)4/h11-13,20,25-28,37H,5-10,14-19,21H2,1-4H3,(H2-,32,33,34,38,39,40)/p+1/t25-,26-,27-,28-/m0/s1. The van der Waals surface area contributed by atoms with E-state index in [4.69, 9.17) is 4.74 Å². The smallest absolute Gasteiger partial charge is 0.246 e. The van der Waals surface area contributed by atoms with Gasteiger partial charge in [0.2, 0.25) is 23.6 Å². The summed E-state index contributed by atoms with van der Waals surface area (Å²) in [5.41, 5.74) is 0.723. The SMILES string of the molecule is CC(=O)NCCCC[C@@H]1NC(=O)[C@@H]2C[C@H](C(=O)NCCCCCC[N+](C)(C)C)[C@H](c3cccc(OCCO)c3)N2C1=O. The van der Waals surface area contributed by atoms with E-state index in [1.807, 2.05) is 6.07 Å². The van der Waals surface area contributed by atoms with Crippen molar-refractivity contribution < 1.29 is 33.5 Å². The summed E-state index contributed by atoms with van der Waals surface area (Å²) in [7, 11) is 6.55. The van der Waals surface area contributed by atoms with E-state index in [9.17, 15) is 24.3 Å². The molecule has 2 heterocycles. The molecule has 11 heteroatoms. The molecule has 11 nitrogen and oxygen atoms in total. The molecule has 0 aromatic heterocycles. The van der Waals surface area contributed by atoms with Crippen LogP contribution in [0, 0.1) is 5.92 Å². The molecule has 3 rings (SSSR count). The van der Waals surface area contributed by atoms with Crippen LogP contribution in [0.5, 0.6) is 5.75 Å². The average molecular weight is 589 g/mol. The number of nitrogens with zero attached hydrogens (tertiary/aromatic N) is 2. The number of carbonyl (C=O) groups is 4. The van der Waals surface area contributed by atoms with Crippen molar-refractivity contribution >= 4 is 23.6 Å². The first-order chi connectivity index (χ1) is 20.0. The molecule has 0 radical (unpaired) electrons. The van der Waals surface area contributed by atoms with Crippen molar-refractivity contribution in [3.63, 3.8) is 0 Å². The first-order valence-corrected chi connectivity index (χ1v) is 15.3. The highest BCUT2D eigenvalue weighted by molar-refractivity contribution is 5.99. The maximum atomic E-state index is 13.8. The number of aliphatic hydroxyl groups is 1. The van der Waals surface area contributed by atoms with Crippen LogP contribution in [0.4, 0.5) is 0 Å². The molecule has 4 N–H and O–H groups in total. The lowest BCUT2D eigenvalue weighted by molar-refractivity contribution is -0.870. The second kappa shape index (κ2) is 15.9. The number of piperazine rings is 1. The van der Waals surface area contributed by atoms with E-state index >= 15 is 0 Å². The van der Waals surface area contributed by atoms with Crippen LogP contribution in [0.3, 0.4) is 0 Å². The third-order valence-corrected chi connectivity index (χ3v) is 7.91. The highest BCUT2D eigenvalue weighted by Crippen LogP contribution is 2.44. The third-order valence-electron chi connectivity index (χ3n) is 7.91. The van der Waals surface area contributed by atoms with Crippen LogP contribution in [0.15, 0.2) is 24.3 Å². The van der Waals surface area contributed by atoms with E-state index in [1.165, 1.54) is 6.92 Å². The quantitative estimate of drug-likeness (QED) is 0.161. The van der Waals surface area contributed by atoms with Crippen LogP contribution in [0.1, 0.15) is 69.9 Å². The van der Waals surface area contributed by atoms with E-state index in [2.05, 4.69) is 37.1 Å². The van der Waals surface area contributed by atoms with Crippen molar-refractivity contribution in [1.29, 1.82) is 0 Å². The molecule has 234 valence electrons. The molecule has 1 aromatic rings. The van der Waals surface area contributed by atoms with Gasteiger partial charge in [0.1, 0.15) is 24.4 Å². The first-order valence-electron chi connectivity index (χ1n) is 15.3. The Morgan fingerprint density at radius 2 is 1.76 bits per heavy atom. The third kappa shape index (κ3) is 9.69. The van der Waals surface area contributed by atoms with E-state index in [0.717, 1.165) is 42.3 Å². The average Bonchev–Trinajstić information content (AvgIpc) is 3.35. The monoisotopic (exact) mass is 588 g/mol. The normalized spacial score (nSPS) is 22.0. The zero-order valence-corrected chi connectivity index (χ0v) is 25.7. The van der Waals surface area contributed by atoms with Crippen LogP contribution < -0.4 is 20.7 Å². The topological polar surface area (TPSA) is 137 Å². The number of hydrogen-bond acceptors (Lipinski definition) is 6. The highest BCUT2D eigenvalue weighted by atomic mass is 16.5. The molecule has 2 aliphatic heterocycles. The lowest BCUT2D eigenvalue weighted by Crippen LogP contribution is -2.61. The van der Waals surface area contributed by atoms with Gasteiger partial charge in [-0.05, 0) is 62.6 Å².